The Labute approximate surface area is 99.5 Å². The van der Waals surface area contributed by atoms with Gasteiger partial charge in [0, 0.05) is 16.1 Å². The average molecular weight is 285 g/mol. The summed E-state index contributed by atoms with van der Waals surface area (Å²) in [6.07, 6.45) is 0. The average Bonchev–Trinajstić information content (AvgIpc) is 2.20. The quantitative estimate of drug-likeness (QED) is 0.836. The molecule has 0 spiro atoms. The van der Waals surface area contributed by atoms with Gasteiger partial charge in [0.15, 0.2) is 0 Å². The minimum Gasteiger partial charge on any atom is -0.507 e. The summed E-state index contributed by atoms with van der Waals surface area (Å²) in [6, 6.07) is 7.84. The molecule has 0 aliphatic heterocycles. The maximum atomic E-state index is 13.0. The number of benzene rings is 2. The molecule has 0 aliphatic carbocycles. The Hall–Kier alpha value is -1.42. The third-order valence-electron chi connectivity index (χ3n) is 2.13. The van der Waals surface area contributed by atoms with Crippen LogP contribution in [0.4, 0.5) is 8.78 Å². The van der Waals surface area contributed by atoms with Gasteiger partial charge in [-0.1, -0.05) is 15.9 Å². The maximum absolute atomic E-state index is 13.0. The molecule has 2 aromatic rings. The van der Waals surface area contributed by atoms with Gasteiger partial charge in [0.2, 0.25) is 0 Å². The van der Waals surface area contributed by atoms with Gasteiger partial charge in [-0.2, -0.15) is 0 Å². The maximum Gasteiger partial charge on any atom is 0.126 e. The van der Waals surface area contributed by atoms with E-state index in [4.69, 9.17) is 0 Å². The van der Waals surface area contributed by atoms with Crippen molar-refractivity contribution in [1.82, 2.24) is 0 Å². The van der Waals surface area contributed by atoms with Crippen molar-refractivity contribution >= 4 is 15.9 Å². The first kappa shape index (κ1) is 11.1. The molecule has 16 heavy (non-hydrogen) atoms. The first-order valence-corrected chi connectivity index (χ1v) is 5.30. The Kier molecular flexibility index (Phi) is 2.92. The van der Waals surface area contributed by atoms with Crippen LogP contribution in [0.15, 0.2) is 40.9 Å². The van der Waals surface area contributed by atoms with E-state index >= 15 is 0 Å². The molecular weight excluding hydrogens is 278 g/mol. The number of hydrogen-bond donors (Lipinski definition) is 1. The summed E-state index contributed by atoms with van der Waals surface area (Å²) in [6.45, 7) is 0. The van der Waals surface area contributed by atoms with Crippen LogP contribution in [0, 0.1) is 11.6 Å². The largest absolute Gasteiger partial charge is 0.507 e. The van der Waals surface area contributed by atoms with E-state index in [1.165, 1.54) is 18.2 Å². The Balaban J connectivity index is 2.62. The molecule has 0 saturated carbocycles. The van der Waals surface area contributed by atoms with Crippen molar-refractivity contribution in [3.8, 4) is 16.9 Å². The Morgan fingerprint density at radius 2 is 1.56 bits per heavy atom. The molecule has 0 bridgehead atoms. The number of halogens is 3. The fraction of sp³-hybridized carbons (Fsp3) is 0. The van der Waals surface area contributed by atoms with Crippen molar-refractivity contribution < 1.29 is 13.9 Å². The van der Waals surface area contributed by atoms with E-state index in [2.05, 4.69) is 15.9 Å². The highest BCUT2D eigenvalue weighted by Gasteiger charge is 2.08. The molecule has 0 heterocycles. The van der Waals surface area contributed by atoms with Gasteiger partial charge in [0.1, 0.15) is 17.4 Å². The lowest BCUT2D eigenvalue weighted by molar-refractivity contribution is 0.477. The van der Waals surface area contributed by atoms with Crippen LogP contribution in [-0.2, 0) is 0 Å². The fourth-order valence-corrected chi connectivity index (χ4v) is 1.81. The van der Waals surface area contributed by atoms with Crippen molar-refractivity contribution in [2.45, 2.75) is 0 Å². The molecule has 0 aliphatic rings. The molecule has 0 aromatic heterocycles. The van der Waals surface area contributed by atoms with Crippen molar-refractivity contribution in [2.24, 2.45) is 0 Å². The predicted molar refractivity (Wildman–Crippen MR) is 61.2 cm³/mol. The van der Waals surface area contributed by atoms with Gasteiger partial charge in [-0.15, -0.1) is 0 Å². The van der Waals surface area contributed by atoms with E-state index in [0.29, 0.717) is 11.1 Å². The van der Waals surface area contributed by atoms with E-state index in [1.54, 1.807) is 12.1 Å². The van der Waals surface area contributed by atoms with Crippen molar-refractivity contribution in [1.29, 1.82) is 0 Å². The first-order chi connectivity index (χ1) is 7.56. The van der Waals surface area contributed by atoms with Crippen LogP contribution in [0.2, 0.25) is 0 Å². The Bertz CT molecular complexity index is 520. The highest BCUT2D eigenvalue weighted by Crippen LogP contribution is 2.32. The minimum absolute atomic E-state index is 0.0202. The highest BCUT2D eigenvalue weighted by atomic mass is 79.9. The lowest BCUT2D eigenvalue weighted by atomic mass is 10.0. The van der Waals surface area contributed by atoms with Crippen molar-refractivity contribution in [3.63, 3.8) is 0 Å². The molecule has 1 N–H and O–H groups in total. The number of rotatable bonds is 1. The van der Waals surface area contributed by atoms with Crippen LogP contribution < -0.4 is 0 Å². The first-order valence-electron chi connectivity index (χ1n) is 4.51. The minimum atomic E-state index is -0.672. The monoisotopic (exact) mass is 284 g/mol. The topological polar surface area (TPSA) is 20.2 Å². The van der Waals surface area contributed by atoms with Crippen LogP contribution >= 0.6 is 15.9 Å². The molecule has 0 fully saturated rings. The van der Waals surface area contributed by atoms with Gasteiger partial charge >= 0.3 is 0 Å². The second kappa shape index (κ2) is 4.22. The molecular formula is C12H7BrF2O. The predicted octanol–water partition coefficient (Wildman–Crippen LogP) is 4.10. The van der Waals surface area contributed by atoms with Gasteiger partial charge in [0.25, 0.3) is 0 Å². The van der Waals surface area contributed by atoms with E-state index in [9.17, 15) is 13.9 Å². The van der Waals surface area contributed by atoms with Crippen LogP contribution in [0.3, 0.4) is 0 Å². The van der Waals surface area contributed by atoms with Crippen molar-refractivity contribution in [3.05, 3.63) is 52.5 Å². The summed E-state index contributed by atoms with van der Waals surface area (Å²) in [4.78, 5) is 0. The molecule has 0 radical (unpaired) electrons. The third kappa shape index (κ3) is 2.22. The number of phenols is 1. The second-order valence-corrected chi connectivity index (χ2v) is 4.24. The van der Waals surface area contributed by atoms with Gasteiger partial charge in [-0.25, -0.2) is 8.78 Å². The van der Waals surface area contributed by atoms with Gasteiger partial charge in [-0.3, -0.25) is 0 Å². The standard InChI is InChI=1S/C12H7BrF2O/c13-8-1-2-12(16)11(5-8)7-3-9(14)6-10(15)4-7/h1-6,16H. The Morgan fingerprint density at radius 1 is 0.938 bits per heavy atom. The molecule has 1 nitrogen and oxygen atoms in total. The summed E-state index contributed by atoms with van der Waals surface area (Å²) < 4.78 is 26.8. The summed E-state index contributed by atoms with van der Waals surface area (Å²) in [5.41, 5.74) is 0.684. The van der Waals surface area contributed by atoms with Gasteiger partial charge in [-0.05, 0) is 35.9 Å². The number of hydrogen-bond acceptors (Lipinski definition) is 1. The lowest BCUT2D eigenvalue weighted by Crippen LogP contribution is -1.85. The zero-order valence-corrected chi connectivity index (χ0v) is 9.63. The number of aromatic hydroxyl groups is 1. The van der Waals surface area contributed by atoms with Crippen LogP contribution in [0.5, 0.6) is 5.75 Å². The van der Waals surface area contributed by atoms with E-state index < -0.39 is 11.6 Å². The van der Waals surface area contributed by atoms with Crippen molar-refractivity contribution in [2.75, 3.05) is 0 Å². The van der Waals surface area contributed by atoms with Gasteiger partial charge < -0.3 is 5.11 Å². The van der Waals surface area contributed by atoms with E-state index in [1.807, 2.05) is 0 Å². The molecule has 0 saturated heterocycles. The fourth-order valence-electron chi connectivity index (χ4n) is 1.45. The zero-order valence-electron chi connectivity index (χ0n) is 8.05. The van der Waals surface area contributed by atoms with E-state index in [0.717, 1.165) is 10.5 Å². The highest BCUT2D eigenvalue weighted by molar-refractivity contribution is 9.10. The number of phenolic OH excluding ortho intramolecular Hbond substituents is 1. The van der Waals surface area contributed by atoms with Crippen LogP contribution in [-0.4, -0.2) is 5.11 Å². The normalized spacial score (nSPS) is 10.4. The molecule has 2 aromatic carbocycles. The van der Waals surface area contributed by atoms with Crippen LogP contribution in [0.1, 0.15) is 0 Å². The van der Waals surface area contributed by atoms with E-state index in [-0.39, 0.29) is 5.75 Å². The smallest absolute Gasteiger partial charge is 0.126 e. The summed E-state index contributed by atoms with van der Waals surface area (Å²) in [5, 5.41) is 9.60. The summed E-state index contributed by atoms with van der Waals surface area (Å²) >= 11 is 3.23. The molecule has 0 atom stereocenters. The lowest BCUT2D eigenvalue weighted by Gasteiger charge is -2.06. The summed E-state index contributed by atoms with van der Waals surface area (Å²) in [7, 11) is 0. The Morgan fingerprint density at radius 3 is 2.19 bits per heavy atom. The zero-order chi connectivity index (χ0) is 11.7. The molecule has 0 unspecified atom stereocenters. The molecule has 2 rings (SSSR count). The summed E-state index contributed by atoms with van der Waals surface area (Å²) in [5.74, 6) is -1.36. The SMILES string of the molecule is Oc1ccc(Br)cc1-c1cc(F)cc(F)c1. The second-order valence-electron chi connectivity index (χ2n) is 3.32. The molecule has 0 amide bonds. The molecule has 82 valence electrons. The third-order valence-corrected chi connectivity index (χ3v) is 2.63. The molecule has 4 heteroatoms. The van der Waals surface area contributed by atoms with Crippen LogP contribution in [0.25, 0.3) is 11.1 Å². The van der Waals surface area contributed by atoms with Gasteiger partial charge in [0.05, 0.1) is 0 Å².